The average molecular weight is 500 g/mol. The van der Waals surface area contributed by atoms with Crippen LogP contribution < -0.4 is 27.4 Å². The van der Waals surface area contributed by atoms with E-state index in [1.807, 2.05) is 0 Å². The van der Waals surface area contributed by atoms with Crippen LogP contribution in [0.2, 0.25) is 0 Å². The van der Waals surface area contributed by atoms with E-state index in [0.29, 0.717) is 24.9 Å². The topological polar surface area (TPSA) is 217 Å². The number of aliphatic hydroxyl groups excluding tert-OH is 1. The standard InChI is InChI=1S/C21H33N5O7S/c22-8-2-1-3-15(21(32)33)24-19(30)16(9-12-4-6-13(28)7-5-12)25-20(31)17(11-34)26-18(29)14(23)10-27/h4-7,14-17,27-28,34H,1-3,8-11,22-23H2,(H,24,30)(H,25,31)(H,26,29)(H,32,33). The molecule has 0 saturated heterocycles. The maximum absolute atomic E-state index is 13.0. The van der Waals surface area contributed by atoms with Crippen LogP contribution in [0.1, 0.15) is 24.8 Å². The molecule has 0 aliphatic heterocycles. The number of benzene rings is 1. The van der Waals surface area contributed by atoms with Gasteiger partial charge < -0.3 is 42.7 Å². The van der Waals surface area contributed by atoms with Crippen molar-refractivity contribution in [2.45, 2.75) is 49.9 Å². The van der Waals surface area contributed by atoms with Crippen LogP contribution in [0.25, 0.3) is 0 Å². The van der Waals surface area contributed by atoms with Crippen LogP contribution in [-0.4, -0.2) is 82.1 Å². The Kier molecular flexibility index (Phi) is 13.0. The summed E-state index contributed by atoms with van der Waals surface area (Å²) in [5, 5.41) is 35.2. The minimum Gasteiger partial charge on any atom is -0.508 e. The summed E-state index contributed by atoms with van der Waals surface area (Å²) in [6.45, 7) is -0.240. The molecule has 3 amide bonds. The van der Waals surface area contributed by atoms with E-state index in [2.05, 4.69) is 28.6 Å². The Bertz CT molecular complexity index is 824. The van der Waals surface area contributed by atoms with Gasteiger partial charge in [0, 0.05) is 12.2 Å². The van der Waals surface area contributed by atoms with E-state index >= 15 is 0 Å². The Labute approximate surface area is 202 Å². The molecule has 12 nitrogen and oxygen atoms in total. The zero-order chi connectivity index (χ0) is 25.7. The molecule has 10 N–H and O–H groups in total. The van der Waals surface area contributed by atoms with Crippen molar-refractivity contribution in [1.82, 2.24) is 16.0 Å². The predicted molar refractivity (Wildman–Crippen MR) is 127 cm³/mol. The van der Waals surface area contributed by atoms with Gasteiger partial charge >= 0.3 is 5.97 Å². The number of carboxylic acids is 1. The number of rotatable bonds is 15. The largest absolute Gasteiger partial charge is 0.508 e. The van der Waals surface area contributed by atoms with Crippen LogP contribution in [0.5, 0.6) is 5.75 Å². The number of amides is 3. The molecule has 4 unspecified atom stereocenters. The fourth-order valence-electron chi connectivity index (χ4n) is 2.93. The Balaban J connectivity index is 3.02. The number of aliphatic carboxylic acids is 1. The Morgan fingerprint density at radius 2 is 1.47 bits per heavy atom. The second-order valence-corrected chi connectivity index (χ2v) is 8.01. The number of thiol groups is 1. The lowest BCUT2D eigenvalue weighted by atomic mass is 10.0. The zero-order valence-electron chi connectivity index (χ0n) is 18.6. The molecule has 0 bridgehead atoms. The summed E-state index contributed by atoms with van der Waals surface area (Å²) in [5.41, 5.74) is 11.5. The van der Waals surface area contributed by atoms with Gasteiger partial charge in [-0.2, -0.15) is 12.6 Å². The number of unbranched alkanes of at least 4 members (excludes halogenated alkanes) is 1. The number of hydrogen-bond acceptors (Lipinski definition) is 9. The minimum absolute atomic E-state index is 0.0118. The number of carbonyl (C=O) groups is 4. The molecular formula is C21H33N5O7S. The molecule has 0 radical (unpaired) electrons. The molecule has 0 aliphatic carbocycles. The van der Waals surface area contributed by atoms with Crippen LogP contribution in [0.3, 0.4) is 0 Å². The molecule has 190 valence electrons. The monoisotopic (exact) mass is 499 g/mol. The lowest BCUT2D eigenvalue weighted by molar-refractivity contribution is -0.142. The smallest absolute Gasteiger partial charge is 0.326 e. The number of nitrogens with one attached hydrogen (secondary N) is 3. The van der Waals surface area contributed by atoms with Gasteiger partial charge in [0.25, 0.3) is 0 Å². The molecule has 1 aromatic rings. The zero-order valence-corrected chi connectivity index (χ0v) is 19.5. The number of hydrogen-bond donors (Lipinski definition) is 9. The first-order chi connectivity index (χ1) is 16.1. The van der Waals surface area contributed by atoms with Crippen LogP contribution in [0.15, 0.2) is 24.3 Å². The lowest BCUT2D eigenvalue weighted by Crippen LogP contribution is -2.58. The lowest BCUT2D eigenvalue weighted by Gasteiger charge is -2.24. The highest BCUT2D eigenvalue weighted by atomic mass is 32.1. The molecule has 0 fully saturated rings. The summed E-state index contributed by atoms with van der Waals surface area (Å²) in [6.07, 6.45) is 1.22. The van der Waals surface area contributed by atoms with E-state index < -0.39 is 54.5 Å². The third kappa shape index (κ3) is 9.95. The minimum atomic E-state index is -1.24. The molecule has 0 saturated carbocycles. The third-order valence-electron chi connectivity index (χ3n) is 4.92. The number of carbonyl (C=O) groups excluding carboxylic acids is 3. The number of aliphatic hydroxyl groups is 1. The van der Waals surface area contributed by atoms with Crippen molar-refractivity contribution < 1.29 is 34.5 Å². The van der Waals surface area contributed by atoms with Crippen molar-refractivity contribution in [2.75, 3.05) is 18.9 Å². The van der Waals surface area contributed by atoms with Gasteiger partial charge in [0.2, 0.25) is 17.7 Å². The molecular weight excluding hydrogens is 466 g/mol. The van der Waals surface area contributed by atoms with Crippen molar-refractivity contribution in [3.8, 4) is 5.75 Å². The first-order valence-corrected chi connectivity index (χ1v) is 11.3. The fraction of sp³-hybridized carbons (Fsp3) is 0.524. The molecule has 0 aromatic heterocycles. The molecule has 0 aliphatic rings. The Hall–Kier alpha value is -2.87. The maximum Gasteiger partial charge on any atom is 0.326 e. The van der Waals surface area contributed by atoms with Gasteiger partial charge in [-0.25, -0.2) is 4.79 Å². The molecule has 0 spiro atoms. The van der Waals surface area contributed by atoms with E-state index in [4.69, 9.17) is 16.6 Å². The summed E-state index contributed by atoms with van der Waals surface area (Å²) in [4.78, 5) is 49.3. The molecule has 1 rings (SSSR count). The summed E-state index contributed by atoms with van der Waals surface area (Å²) in [7, 11) is 0. The summed E-state index contributed by atoms with van der Waals surface area (Å²) >= 11 is 4.05. The number of phenolic OH excluding ortho intramolecular Hbond substituents is 1. The molecule has 13 heteroatoms. The number of phenols is 1. The van der Waals surface area contributed by atoms with Crippen molar-refractivity contribution in [1.29, 1.82) is 0 Å². The van der Waals surface area contributed by atoms with Crippen molar-refractivity contribution in [3.05, 3.63) is 29.8 Å². The van der Waals surface area contributed by atoms with Gasteiger partial charge in [0.15, 0.2) is 0 Å². The third-order valence-corrected chi connectivity index (χ3v) is 5.28. The summed E-state index contributed by atoms with van der Waals surface area (Å²) in [5.74, 6) is -3.60. The Morgan fingerprint density at radius 3 is 2.00 bits per heavy atom. The van der Waals surface area contributed by atoms with Gasteiger partial charge in [-0.15, -0.1) is 0 Å². The van der Waals surface area contributed by atoms with Crippen LogP contribution >= 0.6 is 12.6 Å². The van der Waals surface area contributed by atoms with E-state index in [9.17, 15) is 29.4 Å². The average Bonchev–Trinajstić information content (AvgIpc) is 2.81. The molecule has 4 atom stereocenters. The van der Waals surface area contributed by atoms with E-state index in [1.54, 1.807) is 12.1 Å². The van der Waals surface area contributed by atoms with Gasteiger partial charge in [-0.05, 0) is 43.5 Å². The van der Waals surface area contributed by atoms with Crippen molar-refractivity contribution in [2.24, 2.45) is 11.5 Å². The van der Waals surface area contributed by atoms with Crippen molar-refractivity contribution >= 4 is 36.3 Å². The summed E-state index contributed by atoms with van der Waals surface area (Å²) < 4.78 is 0. The highest BCUT2D eigenvalue weighted by Crippen LogP contribution is 2.12. The first kappa shape index (κ1) is 29.2. The molecule has 0 heterocycles. The normalized spacial score (nSPS) is 14.4. The highest BCUT2D eigenvalue weighted by molar-refractivity contribution is 7.80. The number of nitrogens with two attached hydrogens (primary N) is 2. The van der Waals surface area contributed by atoms with Gasteiger partial charge in [0.1, 0.15) is 29.9 Å². The van der Waals surface area contributed by atoms with E-state index in [-0.39, 0.29) is 24.3 Å². The maximum atomic E-state index is 13.0. The fourth-order valence-corrected chi connectivity index (χ4v) is 3.18. The molecule has 34 heavy (non-hydrogen) atoms. The second-order valence-electron chi connectivity index (χ2n) is 7.65. The SMILES string of the molecule is NCCCCC(NC(=O)C(Cc1ccc(O)cc1)NC(=O)C(CS)NC(=O)C(N)CO)C(=O)O. The number of carboxylic acid groups (broad SMARTS) is 1. The predicted octanol–water partition coefficient (Wildman–Crippen LogP) is -2.15. The van der Waals surface area contributed by atoms with Gasteiger partial charge in [-0.3, -0.25) is 14.4 Å². The first-order valence-electron chi connectivity index (χ1n) is 10.7. The van der Waals surface area contributed by atoms with Crippen molar-refractivity contribution in [3.63, 3.8) is 0 Å². The molecule has 1 aromatic carbocycles. The van der Waals surface area contributed by atoms with Crippen LogP contribution in [-0.2, 0) is 25.6 Å². The van der Waals surface area contributed by atoms with Gasteiger partial charge in [-0.1, -0.05) is 12.1 Å². The number of aromatic hydroxyl groups is 1. The Morgan fingerprint density at radius 1 is 0.912 bits per heavy atom. The van der Waals surface area contributed by atoms with Gasteiger partial charge in [0.05, 0.1) is 6.61 Å². The van der Waals surface area contributed by atoms with E-state index in [0.717, 1.165) is 0 Å². The van der Waals surface area contributed by atoms with Crippen LogP contribution in [0.4, 0.5) is 0 Å². The van der Waals surface area contributed by atoms with E-state index in [1.165, 1.54) is 12.1 Å². The summed E-state index contributed by atoms with van der Waals surface area (Å²) in [6, 6.07) is 1.14. The highest BCUT2D eigenvalue weighted by Gasteiger charge is 2.30. The quantitative estimate of drug-likeness (QED) is 0.0948. The van der Waals surface area contributed by atoms with Crippen LogP contribution in [0, 0.1) is 0 Å². The second kappa shape index (κ2) is 15.1.